The maximum Gasteiger partial charge on any atom is 0.229 e. The van der Waals surface area contributed by atoms with Gasteiger partial charge in [0.05, 0.1) is 55.7 Å². The lowest BCUT2D eigenvalue weighted by Gasteiger charge is -2.41. The number of amides is 1. The van der Waals surface area contributed by atoms with Crippen molar-refractivity contribution < 1.29 is 18.7 Å². The van der Waals surface area contributed by atoms with Crippen LogP contribution < -0.4 is 9.47 Å². The van der Waals surface area contributed by atoms with Gasteiger partial charge in [0.15, 0.2) is 11.5 Å². The summed E-state index contributed by atoms with van der Waals surface area (Å²) in [5.74, 6) is 2.52. The van der Waals surface area contributed by atoms with Gasteiger partial charge in [-0.15, -0.1) is 0 Å². The first-order chi connectivity index (χ1) is 14.6. The third kappa shape index (κ3) is 3.91. The van der Waals surface area contributed by atoms with Crippen molar-refractivity contribution in [2.45, 2.75) is 25.8 Å². The Morgan fingerprint density at radius 2 is 2.20 bits per heavy atom. The van der Waals surface area contributed by atoms with Crippen molar-refractivity contribution in [3.05, 3.63) is 58.5 Å². The first kappa shape index (κ1) is 20.4. The molecule has 3 heterocycles. The normalized spacial score (nSPS) is 19.4. The minimum Gasteiger partial charge on any atom is -0.493 e. The number of rotatable bonds is 6. The number of ether oxygens (including phenoxy) is 2. The highest BCUT2D eigenvalue weighted by atomic mass is 32.2. The monoisotopic (exact) mass is 425 g/mol. The van der Waals surface area contributed by atoms with E-state index in [-0.39, 0.29) is 18.2 Å². The number of furan rings is 1. The summed E-state index contributed by atoms with van der Waals surface area (Å²) in [5.41, 5.74) is 1.51. The van der Waals surface area contributed by atoms with Gasteiger partial charge in [-0.3, -0.25) is 14.6 Å². The molecule has 1 fully saturated rings. The van der Waals surface area contributed by atoms with Gasteiger partial charge in [-0.05, 0) is 36.8 Å². The van der Waals surface area contributed by atoms with Crippen LogP contribution in [0.25, 0.3) is 0 Å². The standard InChI is InChI=1S/C22H23N3O4S/c1-3-28-19-7-6-15(9-20(19)27-2)17-10-21(26)25-13-24(12-16-5-4-8-29-16)14-30-22(25)18(17)11-23/h4-9,17H,3,10,12-14H2,1-2H3. The zero-order valence-corrected chi connectivity index (χ0v) is 17.8. The van der Waals surface area contributed by atoms with Gasteiger partial charge < -0.3 is 13.9 Å². The number of nitriles is 1. The lowest BCUT2D eigenvalue weighted by molar-refractivity contribution is -0.132. The largest absolute Gasteiger partial charge is 0.493 e. The predicted molar refractivity (Wildman–Crippen MR) is 113 cm³/mol. The number of carbonyl (C=O) groups is 1. The Morgan fingerprint density at radius 3 is 2.90 bits per heavy atom. The predicted octanol–water partition coefficient (Wildman–Crippen LogP) is 3.90. The number of benzene rings is 1. The fraction of sp³-hybridized carbons (Fsp3) is 0.364. The highest BCUT2D eigenvalue weighted by molar-refractivity contribution is 8.03. The van der Waals surface area contributed by atoms with Gasteiger partial charge in [-0.1, -0.05) is 17.8 Å². The molecule has 1 unspecified atom stereocenters. The zero-order chi connectivity index (χ0) is 21.1. The summed E-state index contributed by atoms with van der Waals surface area (Å²) >= 11 is 1.52. The number of methoxy groups -OCH3 is 1. The number of nitrogens with zero attached hydrogens (tertiary/aromatic N) is 3. The average molecular weight is 426 g/mol. The first-order valence-electron chi connectivity index (χ1n) is 9.77. The quantitative estimate of drug-likeness (QED) is 0.694. The summed E-state index contributed by atoms with van der Waals surface area (Å²) in [4.78, 5) is 16.9. The second-order valence-electron chi connectivity index (χ2n) is 7.08. The summed E-state index contributed by atoms with van der Waals surface area (Å²) in [6.45, 7) is 3.52. The van der Waals surface area contributed by atoms with Crippen LogP contribution in [0.3, 0.4) is 0 Å². The molecule has 1 atom stereocenters. The smallest absolute Gasteiger partial charge is 0.229 e. The van der Waals surface area contributed by atoms with Gasteiger partial charge in [-0.2, -0.15) is 5.26 Å². The van der Waals surface area contributed by atoms with E-state index in [1.54, 1.807) is 18.3 Å². The lowest BCUT2D eigenvalue weighted by Crippen LogP contribution is -2.46. The van der Waals surface area contributed by atoms with Gasteiger partial charge in [0.1, 0.15) is 5.76 Å². The van der Waals surface area contributed by atoms with Gasteiger partial charge in [0, 0.05) is 12.3 Å². The maximum absolute atomic E-state index is 13.0. The minimum absolute atomic E-state index is 0.0125. The van der Waals surface area contributed by atoms with Crippen molar-refractivity contribution in [1.29, 1.82) is 5.26 Å². The Balaban J connectivity index is 1.61. The second-order valence-corrected chi connectivity index (χ2v) is 8.01. The van der Waals surface area contributed by atoms with Crippen LogP contribution in [0.5, 0.6) is 11.5 Å². The van der Waals surface area contributed by atoms with Crippen LogP contribution in [0, 0.1) is 11.3 Å². The van der Waals surface area contributed by atoms with Crippen molar-refractivity contribution in [1.82, 2.24) is 9.80 Å². The molecule has 0 bridgehead atoms. The fourth-order valence-electron chi connectivity index (χ4n) is 3.79. The number of hydrogen-bond acceptors (Lipinski definition) is 7. The first-order valence-corrected chi connectivity index (χ1v) is 10.8. The fourth-order valence-corrected chi connectivity index (χ4v) is 4.93. The van der Waals surface area contributed by atoms with E-state index < -0.39 is 0 Å². The SMILES string of the molecule is CCOc1ccc(C2CC(=O)N3CN(Cc4ccco4)CSC3=C2C#N)cc1OC. The lowest BCUT2D eigenvalue weighted by atomic mass is 9.86. The maximum atomic E-state index is 13.0. The molecule has 0 radical (unpaired) electrons. The van der Waals surface area contributed by atoms with E-state index in [0.29, 0.717) is 42.8 Å². The van der Waals surface area contributed by atoms with E-state index in [0.717, 1.165) is 16.4 Å². The van der Waals surface area contributed by atoms with Gasteiger partial charge in [0.2, 0.25) is 5.91 Å². The molecule has 156 valence electrons. The second kappa shape index (κ2) is 8.86. The number of thioether (sulfide) groups is 1. The summed E-state index contributed by atoms with van der Waals surface area (Å²) in [6.07, 6.45) is 1.89. The molecule has 2 aliphatic rings. The average Bonchev–Trinajstić information content (AvgIpc) is 3.27. The van der Waals surface area contributed by atoms with Crippen molar-refractivity contribution in [2.75, 3.05) is 26.3 Å². The minimum atomic E-state index is -0.289. The molecule has 2 aromatic rings. The van der Waals surface area contributed by atoms with Crippen LogP contribution in [0.1, 0.15) is 30.6 Å². The third-order valence-corrected chi connectivity index (χ3v) is 6.41. The molecule has 1 saturated heterocycles. The van der Waals surface area contributed by atoms with Crippen molar-refractivity contribution in [3.8, 4) is 17.6 Å². The molecule has 0 N–H and O–H groups in total. The molecule has 7 nitrogen and oxygen atoms in total. The molecular weight excluding hydrogens is 402 g/mol. The highest BCUT2D eigenvalue weighted by Crippen LogP contribution is 2.44. The highest BCUT2D eigenvalue weighted by Gasteiger charge is 2.38. The Labute approximate surface area is 179 Å². The number of allylic oxidation sites excluding steroid dienone is 1. The van der Waals surface area contributed by atoms with E-state index >= 15 is 0 Å². The number of hydrogen-bond donors (Lipinski definition) is 0. The van der Waals surface area contributed by atoms with Crippen LogP contribution in [-0.4, -0.2) is 42.0 Å². The summed E-state index contributed by atoms with van der Waals surface area (Å²) in [5, 5.41) is 10.7. The van der Waals surface area contributed by atoms with Gasteiger partial charge >= 0.3 is 0 Å². The van der Waals surface area contributed by atoms with Gasteiger partial charge in [0.25, 0.3) is 0 Å². The van der Waals surface area contributed by atoms with Crippen molar-refractivity contribution >= 4 is 17.7 Å². The van der Waals surface area contributed by atoms with E-state index in [1.807, 2.05) is 37.3 Å². The van der Waals surface area contributed by atoms with Crippen LogP contribution in [0.4, 0.5) is 0 Å². The number of fused-ring (bicyclic) bond motifs is 1. The summed E-state index contributed by atoms with van der Waals surface area (Å²) in [7, 11) is 1.59. The molecule has 8 heteroatoms. The van der Waals surface area contributed by atoms with Crippen LogP contribution in [0.2, 0.25) is 0 Å². The summed E-state index contributed by atoms with van der Waals surface area (Å²) in [6, 6.07) is 11.8. The third-order valence-electron chi connectivity index (χ3n) is 5.20. The van der Waals surface area contributed by atoms with Crippen molar-refractivity contribution in [3.63, 3.8) is 0 Å². The van der Waals surface area contributed by atoms with E-state index in [1.165, 1.54) is 11.8 Å². The Morgan fingerprint density at radius 1 is 1.33 bits per heavy atom. The number of carbonyl (C=O) groups excluding carboxylic acids is 1. The molecular formula is C22H23N3O4S. The molecule has 0 saturated carbocycles. The Bertz CT molecular complexity index is 996. The van der Waals surface area contributed by atoms with Gasteiger partial charge in [-0.25, -0.2) is 0 Å². The Kier molecular flexibility index (Phi) is 6.02. The van der Waals surface area contributed by atoms with E-state index in [9.17, 15) is 10.1 Å². The van der Waals surface area contributed by atoms with Crippen LogP contribution in [0.15, 0.2) is 51.6 Å². The topological polar surface area (TPSA) is 78.9 Å². The molecule has 0 spiro atoms. The van der Waals surface area contributed by atoms with E-state index in [2.05, 4.69) is 11.0 Å². The molecule has 2 aliphatic heterocycles. The Hall–Kier alpha value is -2.89. The summed E-state index contributed by atoms with van der Waals surface area (Å²) < 4.78 is 16.5. The molecule has 0 aliphatic carbocycles. The zero-order valence-electron chi connectivity index (χ0n) is 17.0. The van der Waals surface area contributed by atoms with Crippen LogP contribution >= 0.6 is 11.8 Å². The molecule has 1 aromatic carbocycles. The molecule has 1 amide bonds. The molecule has 4 rings (SSSR count). The van der Waals surface area contributed by atoms with Crippen molar-refractivity contribution in [2.24, 2.45) is 0 Å². The van der Waals surface area contributed by atoms with E-state index in [4.69, 9.17) is 13.9 Å². The van der Waals surface area contributed by atoms with Crippen LogP contribution in [-0.2, 0) is 11.3 Å². The molecule has 30 heavy (non-hydrogen) atoms. The molecule has 1 aromatic heterocycles.